The van der Waals surface area contributed by atoms with E-state index in [0.717, 1.165) is 23.7 Å². The summed E-state index contributed by atoms with van der Waals surface area (Å²) in [6, 6.07) is 9.23. The van der Waals surface area contributed by atoms with Crippen LogP contribution in [0.3, 0.4) is 0 Å². The van der Waals surface area contributed by atoms with Crippen LogP contribution in [-0.4, -0.2) is 53.3 Å². The lowest BCUT2D eigenvalue weighted by atomic mass is 9.95. The molecule has 0 aliphatic carbocycles. The molecule has 3 rings (SSSR count). The van der Waals surface area contributed by atoms with Gasteiger partial charge in [0.25, 0.3) is 0 Å². The van der Waals surface area contributed by atoms with Crippen LogP contribution < -0.4 is 5.32 Å². The van der Waals surface area contributed by atoms with Crippen LogP contribution in [0.5, 0.6) is 0 Å². The number of methoxy groups -OCH3 is 1. The summed E-state index contributed by atoms with van der Waals surface area (Å²) >= 11 is 0. The fourth-order valence-electron chi connectivity index (χ4n) is 3.93. The van der Waals surface area contributed by atoms with Crippen molar-refractivity contribution in [1.29, 1.82) is 0 Å². The predicted molar refractivity (Wildman–Crippen MR) is 116 cm³/mol. The summed E-state index contributed by atoms with van der Waals surface area (Å²) in [5, 5.41) is 3.93. The predicted octanol–water partition coefficient (Wildman–Crippen LogP) is 4.22. The van der Waals surface area contributed by atoms with Crippen molar-refractivity contribution >= 4 is 28.6 Å². The van der Waals surface area contributed by atoms with Crippen LogP contribution in [0.1, 0.15) is 40.5 Å². The van der Waals surface area contributed by atoms with E-state index in [1.807, 2.05) is 58.0 Å². The number of likely N-dealkylation sites (tertiary alicyclic amines) is 1. The Morgan fingerprint density at radius 1 is 1.27 bits per heavy atom. The number of benzene rings is 1. The van der Waals surface area contributed by atoms with E-state index in [1.54, 1.807) is 18.2 Å². The number of hydrogen-bond acceptors (Lipinski definition) is 5. The minimum Gasteiger partial charge on any atom is -0.444 e. The maximum atomic E-state index is 13.0. The fraction of sp³-hybridized carbons (Fsp3) is 0.522. The molecule has 0 bridgehead atoms. The molecule has 2 amide bonds. The third-order valence-corrected chi connectivity index (χ3v) is 5.36. The molecule has 1 saturated heterocycles. The molecule has 1 fully saturated rings. The zero-order valence-corrected chi connectivity index (χ0v) is 18.3. The van der Waals surface area contributed by atoms with Gasteiger partial charge < -0.3 is 19.7 Å². The molecule has 7 heteroatoms. The number of anilines is 1. The van der Waals surface area contributed by atoms with Crippen molar-refractivity contribution in [3.05, 3.63) is 36.5 Å². The average molecular weight is 414 g/mol. The van der Waals surface area contributed by atoms with Crippen molar-refractivity contribution < 1.29 is 19.1 Å². The molecular formula is C23H31N3O4. The standard InChI is InChI=1S/C23H31N3O4/c1-15(21(27)25-17-10-11-18-16(14-17)8-6-12-24-18)20(29-5)19-9-7-13-26(19)22(28)30-23(2,3)4/h6,8,10-12,14-15,19-20H,7,9,13H2,1-5H3,(H,25,27)/t15-,19+,20-/m1/s1. The summed E-state index contributed by atoms with van der Waals surface area (Å²) in [5.41, 5.74) is 1.01. The number of amides is 2. The van der Waals surface area contributed by atoms with Crippen LogP contribution in [0.4, 0.5) is 10.5 Å². The zero-order valence-electron chi connectivity index (χ0n) is 18.3. The molecule has 0 spiro atoms. The van der Waals surface area contributed by atoms with E-state index in [1.165, 1.54) is 0 Å². The Hall–Kier alpha value is -2.67. The SMILES string of the molecule is CO[C@H]([C@@H](C)C(=O)Nc1ccc2ncccc2c1)[C@@H]1CCCN1C(=O)OC(C)(C)C. The Kier molecular flexibility index (Phi) is 6.61. The number of rotatable bonds is 5. The summed E-state index contributed by atoms with van der Waals surface area (Å²) in [6.45, 7) is 7.97. The lowest BCUT2D eigenvalue weighted by Gasteiger charge is -2.34. The highest BCUT2D eigenvalue weighted by Crippen LogP contribution is 2.28. The van der Waals surface area contributed by atoms with Gasteiger partial charge in [0.05, 0.1) is 23.6 Å². The number of nitrogens with one attached hydrogen (secondary N) is 1. The van der Waals surface area contributed by atoms with Crippen molar-refractivity contribution in [1.82, 2.24) is 9.88 Å². The molecule has 7 nitrogen and oxygen atoms in total. The van der Waals surface area contributed by atoms with E-state index >= 15 is 0 Å². The number of carbonyl (C=O) groups is 2. The van der Waals surface area contributed by atoms with Gasteiger partial charge in [-0.05, 0) is 57.9 Å². The molecule has 2 aromatic rings. The monoisotopic (exact) mass is 413 g/mol. The van der Waals surface area contributed by atoms with E-state index in [2.05, 4.69) is 10.3 Å². The van der Waals surface area contributed by atoms with Gasteiger partial charge in [0.2, 0.25) is 5.91 Å². The molecular weight excluding hydrogens is 382 g/mol. The molecule has 3 atom stereocenters. The molecule has 1 aliphatic heterocycles. The number of carbonyl (C=O) groups excluding carboxylic acids is 2. The summed E-state index contributed by atoms with van der Waals surface area (Å²) in [5.74, 6) is -0.603. The highest BCUT2D eigenvalue weighted by molar-refractivity contribution is 5.95. The number of nitrogens with zero attached hydrogens (tertiary/aromatic N) is 2. The quantitative estimate of drug-likeness (QED) is 0.794. The van der Waals surface area contributed by atoms with Crippen molar-refractivity contribution in [2.75, 3.05) is 19.0 Å². The first kappa shape index (κ1) is 22.0. The molecule has 1 N–H and O–H groups in total. The highest BCUT2D eigenvalue weighted by atomic mass is 16.6. The zero-order chi connectivity index (χ0) is 21.9. The number of aromatic nitrogens is 1. The van der Waals surface area contributed by atoms with Crippen LogP contribution in [0, 0.1) is 5.92 Å². The number of ether oxygens (including phenoxy) is 2. The van der Waals surface area contributed by atoms with E-state index in [4.69, 9.17) is 9.47 Å². The second kappa shape index (κ2) is 9.00. The Bertz CT molecular complexity index is 909. The minimum atomic E-state index is -0.569. The topological polar surface area (TPSA) is 80.8 Å². The molecule has 0 unspecified atom stereocenters. The van der Waals surface area contributed by atoms with Gasteiger partial charge in [0, 0.05) is 30.9 Å². The lowest BCUT2D eigenvalue weighted by Crippen LogP contribution is -2.49. The normalized spacial score (nSPS) is 18.8. The van der Waals surface area contributed by atoms with Crippen LogP contribution >= 0.6 is 0 Å². The van der Waals surface area contributed by atoms with Crippen molar-refractivity contribution in [2.45, 2.75) is 58.3 Å². The minimum absolute atomic E-state index is 0.152. The highest BCUT2D eigenvalue weighted by Gasteiger charge is 2.41. The van der Waals surface area contributed by atoms with Gasteiger partial charge in [-0.15, -0.1) is 0 Å². The van der Waals surface area contributed by atoms with E-state index < -0.39 is 17.6 Å². The van der Waals surface area contributed by atoms with Crippen molar-refractivity contribution in [2.24, 2.45) is 5.92 Å². The van der Waals surface area contributed by atoms with Gasteiger partial charge in [0.15, 0.2) is 0 Å². The van der Waals surface area contributed by atoms with E-state index in [0.29, 0.717) is 12.2 Å². The summed E-state index contributed by atoms with van der Waals surface area (Å²) in [4.78, 5) is 31.6. The van der Waals surface area contributed by atoms with Crippen LogP contribution in [0.15, 0.2) is 36.5 Å². The van der Waals surface area contributed by atoms with E-state index in [9.17, 15) is 9.59 Å². The van der Waals surface area contributed by atoms with Crippen molar-refractivity contribution in [3.63, 3.8) is 0 Å². The van der Waals surface area contributed by atoms with Gasteiger partial charge >= 0.3 is 6.09 Å². The van der Waals surface area contributed by atoms with Gasteiger partial charge in [-0.3, -0.25) is 9.78 Å². The van der Waals surface area contributed by atoms with Gasteiger partial charge in [-0.25, -0.2) is 4.79 Å². The van der Waals surface area contributed by atoms with Gasteiger partial charge in [-0.1, -0.05) is 13.0 Å². The molecule has 30 heavy (non-hydrogen) atoms. The van der Waals surface area contributed by atoms with Gasteiger partial charge in [0.1, 0.15) is 5.60 Å². The van der Waals surface area contributed by atoms with E-state index in [-0.39, 0.29) is 18.0 Å². The molecule has 1 aliphatic rings. The second-order valence-electron chi connectivity index (χ2n) is 8.77. The summed E-state index contributed by atoms with van der Waals surface area (Å²) < 4.78 is 11.3. The summed E-state index contributed by atoms with van der Waals surface area (Å²) in [6.07, 6.45) is 2.58. The number of hydrogen-bond donors (Lipinski definition) is 1. The molecule has 0 radical (unpaired) electrons. The smallest absolute Gasteiger partial charge is 0.410 e. The van der Waals surface area contributed by atoms with Crippen molar-refractivity contribution in [3.8, 4) is 0 Å². The maximum absolute atomic E-state index is 13.0. The Morgan fingerprint density at radius 3 is 2.73 bits per heavy atom. The van der Waals surface area contributed by atoms with Crippen LogP contribution in [-0.2, 0) is 14.3 Å². The second-order valence-corrected chi connectivity index (χ2v) is 8.77. The third-order valence-electron chi connectivity index (χ3n) is 5.36. The Balaban J connectivity index is 1.71. The summed E-state index contributed by atoms with van der Waals surface area (Å²) in [7, 11) is 1.59. The average Bonchev–Trinajstić information content (AvgIpc) is 3.17. The first-order valence-electron chi connectivity index (χ1n) is 10.4. The third kappa shape index (κ3) is 5.08. The Labute approximate surface area is 177 Å². The fourth-order valence-corrected chi connectivity index (χ4v) is 3.93. The molecule has 1 aromatic heterocycles. The number of fused-ring (bicyclic) bond motifs is 1. The first-order chi connectivity index (χ1) is 14.2. The molecule has 162 valence electrons. The lowest BCUT2D eigenvalue weighted by molar-refractivity contribution is -0.125. The molecule has 0 saturated carbocycles. The van der Waals surface area contributed by atoms with Crippen LogP contribution in [0.2, 0.25) is 0 Å². The Morgan fingerprint density at radius 2 is 2.03 bits per heavy atom. The van der Waals surface area contributed by atoms with Gasteiger partial charge in [-0.2, -0.15) is 0 Å². The number of pyridine rings is 1. The largest absolute Gasteiger partial charge is 0.444 e. The molecule has 1 aromatic carbocycles. The first-order valence-corrected chi connectivity index (χ1v) is 10.4. The van der Waals surface area contributed by atoms with Crippen LogP contribution in [0.25, 0.3) is 10.9 Å². The molecule has 2 heterocycles. The maximum Gasteiger partial charge on any atom is 0.410 e.